The van der Waals surface area contributed by atoms with Gasteiger partial charge in [0.15, 0.2) is 11.5 Å². The predicted octanol–water partition coefficient (Wildman–Crippen LogP) is 5.29. The van der Waals surface area contributed by atoms with Crippen molar-refractivity contribution in [2.24, 2.45) is 0 Å². The van der Waals surface area contributed by atoms with Crippen LogP contribution in [0.5, 0.6) is 11.5 Å². The zero-order valence-electron chi connectivity index (χ0n) is 17.2. The molecule has 3 aromatic rings. The molecule has 2 heterocycles. The molecular weight excluding hydrogens is 434 g/mol. The normalized spacial score (nSPS) is 13.8. The number of halogens is 1. The number of methoxy groups -OCH3 is 2. The first-order chi connectivity index (χ1) is 15.0. The largest absolute Gasteiger partial charge is 0.510 e. The smallest absolute Gasteiger partial charge is 0.160 e. The van der Waals surface area contributed by atoms with Crippen molar-refractivity contribution in [1.29, 1.82) is 5.41 Å². The summed E-state index contributed by atoms with van der Waals surface area (Å²) in [5.41, 5.74) is 3.31. The monoisotopic (exact) mass is 455 g/mol. The summed E-state index contributed by atoms with van der Waals surface area (Å²) in [6, 6.07) is 13.2. The summed E-state index contributed by atoms with van der Waals surface area (Å²) in [4.78, 5) is 6.50. The number of nitrogens with one attached hydrogen (secondary N) is 1. The molecule has 1 aromatic heterocycles. The molecule has 0 radical (unpaired) electrons. The summed E-state index contributed by atoms with van der Waals surface area (Å²) < 4.78 is 10.6. The molecule has 8 heteroatoms. The molecule has 6 nitrogen and oxygen atoms in total. The number of thiazole rings is 1. The van der Waals surface area contributed by atoms with Crippen LogP contribution in [0.4, 0.5) is 0 Å². The number of nitrogens with zero attached hydrogens (tertiary/aromatic N) is 2. The van der Waals surface area contributed by atoms with Crippen LogP contribution in [-0.2, 0) is 6.42 Å². The Hall–Kier alpha value is -3.03. The topological polar surface area (TPSA) is 78.7 Å². The molecule has 160 valence electrons. The van der Waals surface area contributed by atoms with Crippen LogP contribution < -0.4 is 9.47 Å². The minimum atomic E-state index is 0.175. The van der Waals surface area contributed by atoms with E-state index in [1.165, 1.54) is 11.3 Å². The van der Waals surface area contributed by atoms with Gasteiger partial charge in [0.05, 0.1) is 32.0 Å². The van der Waals surface area contributed by atoms with Gasteiger partial charge < -0.3 is 19.5 Å². The number of hydrogen-bond acceptors (Lipinski definition) is 6. The van der Waals surface area contributed by atoms with E-state index in [4.69, 9.17) is 26.5 Å². The second kappa shape index (κ2) is 8.99. The van der Waals surface area contributed by atoms with Crippen LogP contribution in [0.3, 0.4) is 0 Å². The summed E-state index contributed by atoms with van der Waals surface area (Å²) >= 11 is 7.38. The Balaban J connectivity index is 1.46. The fourth-order valence-corrected chi connectivity index (χ4v) is 4.51. The highest BCUT2D eigenvalue weighted by Crippen LogP contribution is 2.33. The Kier molecular flexibility index (Phi) is 6.15. The van der Waals surface area contributed by atoms with E-state index >= 15 is 0 Å². The zero-order chi connectivity index (χ0) is 22.0. The third-order valence-electron chi connectivity index (χ3n) is 5.16. The predicted molar refractivity (Wildman–Crippen MR) is 125 cm³/mol. The van der Waals surface area contributed by atoms with Gasteiger partial charge in [-0.3, -0.25) is 5.41 Å². The van der Waals surface area contributed by atoms with E-state index in [9.17, 15) is 5.11 Å². The molecule has 1 aliphatic heterocycles. The SMILES string of the molecule is COc1ccc(CCN2CC(O)=C(c3nc(-c4ccc(Cl)cc4)cs3)C2=N)cc1OC. The van der Waals surface area contributed by atoms with Crippen molar-refractivity contribution in [3.05, 3.63) is 69.2 Å². The van der Waals surface area contributed by atoms with Gasteiger partial charge in [0.25, 0.3) is 0 Å². The molecule has 0 atom stereocenters. The molecule has 31 heavy (non-hydrogen) atoms. The lowest BCUT2D eigenvalue weighted by Gasteiger charge is -2.18. The Morgan fingerprint density at radius 3 is 2.58 bits per heavy atom. The highest BCUT2D eigenvalue weighted by Gasteiger charge is 2.30. The molecule has 0 saturated carbocycles. The highest BCUT2D eigenvalue weighted by atomic mass is 35.5. The van der Waals surface area contributed by atoms with Gasteiger partial charge in [0, 0.05) is 22.5 Å². The van der Waals surface area contributed by atoms with Gasteiger partial charge in [-0.15, -0.1) is 11.3 Å². The Labute approximate surface area is 189 Å². The molecule has 0 amide bonds. The molecule has 2 aromatic carbocycles. The Morgan fingerprint density at radius 2 is 1.87 bits per heavy atom. The van der Waals surface area contributed by atoms with Crippen molar-refractivity contribution in [2.45, 2.75) is 6.42 Å². The van der Waals surface area contributed by atoms with Gasteiger partial charge in [0.2, 0.25) is 0 Å². The maximum Gasteiger partial charge on any atom is 0.160 e. The molecule has 2 N–H and O–H groups in total. The number of aliphatic hydroxyl groups is 1. The number of ether oxygens (including phenoxy) is 2. The number of hydrogen-bond donors (Lipinski definition) is 2. The maximum atomic E-state index is 10.6. The molecule has 0 unspecified atom stereocenters. The van der Waals surface area contributed by atoms with Crippen molar-refractivity contribution >= 4 is 34.3 Å². The third-order valence-corrected chi connectivity index (χ3v) is 6.27. The second-order valence-electron chi connectivity index (χ2n) is 7.08. The molecule has 0 spiro atoms. The first-order valence-corrected chi connectivity index (χ1v) is 10.9. The quantitative estimate of drug-likeness (QED) is 0.506. The van der Waals surface area contributed by atoms with E-state index in [-0.39, 0.29) is 11.6 Å². The average Bonchev–Trinajstić information content (AvgIpc) is 3.36. The van der Waals surface area contributed by atoms with Gasteiger partial charge in [-0.25, -0.2) is 4.98 Å². The van der Waals surface area contributed by atoms with Gasteiger partial charge in [-0.1, -0.05) is 29.8 Å². The number of amidine groups is 1. The highest BCUT2D eigenvalue weighted by molar-refractivity contribution is 7.11. The standard InChI is InChI=1S/C23H22ClN3O3S/c1-29-19-8-3-14(11-20(19)30-2)9-10-27-12-18(28)21(22(27)25)23-26-17(13-31-23)15-4-6-16(24)7-5-15/h3-8,11,13,25,28H,9-10,12H2,1-2H3. The lowest BCUT2D eigenvalue weighted by atomic mass is 10.1. The summed E-state index contributed by atoms with van der Waals surface area (Å²) in [6.45, 7) is 0.897. The van der Waals surface area contributed by atoms with Crippen LogP contribution in [0.15, 0.2) is 53.6 Å². The second-order valence-corrected chi connectivity index (χ2v) is 8.37. The molecule has 1 aliphatic rings. The molecule has 0 bridgehead atoms. The number of benzene rings is 2. The lowest BCUT2D eigenvalue weighted by molar-refractivity contribution is 0.349. The minimum Gasteiger partial charge on any atom is -0.510 e. The van der Waals surface area contributed by atoms with Gasteiger partial charge in [-0.2, -0.15) is 0 Å². The lowest BCUT2D eigenvalue weighted by Crippen LogP contribution is -2.28. The van der Waals surface area contributed by atoms with E-state index < -0.39 is 0 Å². The third kappa shape index (κ3) is 4.38. The van der Waals surface area contributed by atoms with Crippen LogP contribution in [0.25, 0.3) is 16.8 Å². The van der Waals surface area contributed by atoms with Crippen molar-refractivity contribution in [3.8, 4) is 22.8 Å². The van der Waals surface area contributed by atoms with Crippen molar-refractivity contribution in [3.63, 3.8) is 0 Å². The summed E-state index contributed by atoms with van der Waals surface area (Å²) in [5, 5.41) is 22.4. The fourth-order valence-electron chi connectivity index (χ4n) is 3.49. The van der Waals surface area contributed by atoms with E-state index in [0.29, 0.717) is 46.6 Å². The first kappa shape index (κ1) is 21.2. The Morgan fingerprint density at radius 1 is 1.13 bits per heavy atom. The van der Waals surface area contributed by atoms with Crippen LogP contribution in [0.1, 0.15) is 10.6 Å². The molecule has 4 rings (SSSR count). The van der Waals surface area contributed by atoms with E-state index in [1.54, 1.807) is 14.2 Å². The molecule has 0 fully saturated rings. The van der Waals surface area contributed by atoms with Gasteiger partial charge >= 0.3 is 0 Å². The van der Waals surface area contributed by atoms with Gasteiger partial charge in [-0.05, 0) is 36.2 Å². The van der Waals surface area contributed by atoms with E-state index in [1.807, 2.05) is 52.7 Å². The van der Waals surface area contributed by atoms with Crippen LogP contribution in [0, 0.1) is 5.41 Å². The molecular formula is C23H22ClN3O3S. The molecule has 0 saturated heterocycles. The first-order valence-electron chi connectivity index (χ1n) is 9.69. The molecule has 0 aliphatic carbocycles. The summed E-state index contributed by atoms with van der Waals surface area (Å²) in [6.07, 6.45) is 0.706. The maximum absolute atomic E-state index is 10.6. The number of aromatic nitrogens is 1. The zero-order valence-corrected chi connectivity index (χ0v) is 18.8. The van der Waals surface area contributed by atoms with Crippen molar-refractivity contribution in [2.75, 3.05) is 27.3 Å². The van der Waals surface area contributed by atoms with Crippen LogP contribution in [0.2, 0.25) is 5.02 Å². The van der Waals surface area contributed by atoms with Crippen molar-refractivity contribution in [1.82, 2.24) is 9.88 Å². The summed E-state index contributed by atoms with van der Waals surface area (Å²) in [5.74, 6) is 1.82. The minimum absolute atomic E-state index is 0.175. The van der Waals surface area contributed by atoms with Gasteiger partial charge in [0.1, 0.15) is 16.6 Å². The Bertz CT molecular complexity index is 1140. The average molecular weight is 456 g/mol. The van der Waals surface area contributed by atoms with Crippen LogP contribution in [-0.4, -0.2) is 48.1 Å². The van der Waals surface area contributed by atoms with Crippen LogP contribution >= 0.6 is 22.9 Å². The van der Waals surface area contributed by atoms with Crippen molar-refractivity contribution < 1.29 is 14.6 Å². The summed E-state index contributed by atoms with van der Waals surface area (Å²) in [7, 11) is 3.22. The fraction of sp³-hybridized carbons (Fsp3) is 0.217. The number of rotatable bonds is 7. The van der Waals surface area contributed by atoms with E-state index in [2.05, 4.69) is 4.98 Å². The van der Waals surface area contributed by atoms with E-state index in [0.717, 1.165) is 16.8 Å². The number of aliphatic hydroxyl groups excluding tert-OH is 1.